The molecule has 0 spiro atoms. The molecule has 6 nitrogen and oxygen atoms in total. The van der Waals surface area contributed by atoms with Crippen molar-refractivity contribution >= 4 is 37.3 Å². The molecule has 124 valence electrons. The number of nitrogens with one attached hydrogen (secondary N) is 2. The van der Waals surface area contributed by atoms with Crippen LogP contribution >= 0.6 is 11.6 Å². The van der Waals surface area contributed by atoms with E-state index < -0.39 is 20.0 Å². The molecule has 0 aliphatic heterocycles. The second-order valence-electron chi connectivity index (χ2n) is 4.64. The van der Waals surface area contributed by atoms with E-state index in [0.717, 1.165) is 0 Å². The number of sulfonamides is 2. The lowest BCUT2D eigenvalue weighted by Gasteiger charge is -2.09. The van der Waals surface area contributed by atoms with Gasteiger partial charge in [-0.1, -0.05) is 35.9 Å². The fourth-order valence-corrected chi connectivity index (χ4v) is 4.19. The van der Waals surface area contributed by atoms with Gasteiger partial charge in [0.25, 0.3) is 0 Å². The minimum atomic E-state index is -3.80. The molecule has 0 amide bonds. The van der Waals surface area contributed by atoms with E-state index in [2.05, 4.69) is 9.44 Å². The van der Waals surface area contributed by atoms with Crippen molar-refractivity contribution in [3.63, 3.8) is 0 Å². The maximum Gasteiger partial charge on any atom is 0.240 e. The highest BCUT2D eigenvalue weighted by molar-refractivity contribution is 7.92. The molecule has 9 heteroatoms. The molecule has 2 aromatic rings. The van der Waals surface area contributed by atoms with Crippen LogP contribution < -0.4 is 9.44 Å². The fraction of sp³-hybridized carbons (Fsp3) is 0.143. The Bertz CT molecular complexity index is 869. The van der Waals surface area contributed by atoms with Gasteiger partial charge in [-0.25, -0.2) is 21.6 Å². The molecule has 0 saturated heterocycles. The van der Waals surface area contributed by atoms with Gasteiger partial charge in [0.2, 0.25) is 20.0 Å². The van der Waals surface area contributed by atoms with Crippen molar-refractivity contribution in [3.8, 4) is 0 Å². The van der Waals surface area contributed by atoms with Crippen LogP contribution in [0.15, 0.2) is 59.5 Å². The summed E-state index contributed by atoms with van der Waals surface area (Å²) in [5, 5.41) is 0.284. The SMILES string of the molecule is O=S(=O)(CCNS(=O)(=O)c1cccc(Cl)c1)Nc1ccccc1. The Morgan fingerprint density at radius 3 is 2.26 bits per heavy atom. The number of anilines is 1. The van der Waals surface area contributed by atoms with E-state index in [9.17, 15) is 16.8 Å². The van der Waals surface area contributed by atoms with Crippen LogP contribution in [0.25, 0.3) is 0 Å². The minimum absolute atomic E-state index is 0.0154. The van der Waals surface area contributed by atoms with Gasteiger partial charge in [0.05, 0.1) is 10.6 Å². The van der Waals surface area contributed by atoms with Gasteiger partial charge in [-0.2, -0.15) is 0 Å². The fourth-order valence-electron chi connectivity index (χ4n) is 1.76. The monoisotopic (exact) mass is 374 g/mol. The summed E-state index contributed by atoms with van der Waals surface area (Å²) >= 11 is 5.75. The molecule has 0 aliphatic rings. The van der Waals surface area contributed by atoms with Gasteiger partial charge < -0.3 is 0 Å². The topological polar surface area (TPSA) is 92.3 Å². The summed E-state index contributed by atoms with van der Waals surface area (Å²) in [6.45, 7) is -0.253. The molecule has 2 aromatic carbocycles. The highest BCUT2D eigenvalue weighted by atomic mass is 35.5. The zero-order valence-electron chi connectivity index (χ0n) is 11.9. The predicted octanol–water partition coefficient (Wildman–Crippen LogP) is 2.06. The van der Waals surface area contributed by atoms with Crippen molar-refractivity contribution in [2.75, 3.05) is 17.0 Å². The van der Waals surface area contributed by atoms with Crippen LogP contribution in [-0.2, 0) is 20.0 Å². The lowest BCUT2D eigenvalue weighted by Crippen LogP contribution is -2.31. The highest BCUT2D eigenvalue weighted by Gasteiger charge is 2.16. The molecule has 0 unspecified atom stereocenters. The normalized spacial score (nSPS) is 12.0. The van der Waals surface area contributed by atoms with Crippen LogP contribution in [0.1, 0.15) is 0 Å². The van der Waals surface area contributed by atoms with Crippen LogP contribution in [0.4, 0.5) is 5.69 Å². The van der Waals surface area contributed by atoms with E-state index in [-0.39, 0.29) is 22.2 Å². The van der Waals surface area contributed by atoms with Crippen LogP contribution in [0.5, 0.6) is 0 Å². The Morgan fingerprint density at radius 2 is 1.61 bits per heavy atom. The third kappa shape index (κ3) is 5.51. The Balaban J connectivity index is 1.96. The molecule has 2 rings (SSSR count). The smallest absolute Gasteiger partial charge is 0.240 e. The Kier molecular flexibility index (Phi) is 5.64. The van der Waals surface area contributed by atoms with Crippen molar-refractivity contribution in [1.82, 2.24) is 4.72 Å². The number of hydrogen-bond acceptors (Lipinski definition) is 4. The van der Waals surface area contributed by atoms with Crippen LogP contribution in [0.3, 0.4) is 0 Å². The largest absolute Gasteiger partial charge is 0.284 e. The van der Waals surface area contributed by atoms with Crippen LogP contribution in [0.2, 0.25) is 5.02 Å². The predicted molar refractivity (Wildman–Crippen MR) is 90.5 cm³/mol. The molecule has 0 fully saturated rings. The van der Waals surface area contributed by atoms with Crippen molar-refractivity contribution in [2.24, 2.45) is 0 Å². The first-order valence-corrected chi connectivity index (χ1v) is 10.1. The second kappa shape index (κ2) is 7.31. The van der Waals surface area contributed by atoms with Gasteiger partial charge >= 0.3 is 0 Å². The van der Waals surface area contributed by atoms with Crippen molar-refractivity contribution < 1.29 is 16.8 Å². The maximum absolute atomic E-state index is 12.0. The van der Waals surface area contributed by atoms with E-state index in [1.807, 2.05) is 0 Å². The molecule has 0 aromatic heterocycles. The van der Waals surface area contributed by atoms with E-state index >= 15 is 0 Å². The molecule has 0 bridgehead atoms. The number of para-hydroxylation sites is 1. The molecular formula is C14H15ClN2O4S2. The second-order valence-corrected chi connectivity index (χ2v) is 8.69. The summed E-state index contributed by atoms with van der Waals surface area (Å²) in [7, 11) is -7.46. The lowest BCUT2D eigenvalue weighted by molar-refractivity contribution is 0.582. The summed E-state index contributed by atoms with van der Waals surface area (Å²) in [6.07, 6.45) is 0. The maximum atomic E-state index is 12.0. The Hall–Kier alpha value is -1.61. The highest BCUT2D eigenvalue weighted by Crippen LogP contribution is 2.15. The summed E-state index contributed by atoms with van der Waals surface area (Å²) in [5.41, 5.74) is 0.421. The average Bonchev–Trinajstić information content (AvgIpc) is 2.47. The molecule has 23 heavy (non-hydrogen) atoms. The first kappa shape index (κ1) is 17.7. The zero-order chi connectivity index (χ0) is 16.9. The van der Waals surface area contributed by atoms with E-state index in [0.29, 0.717) is 5.69 Å². The summed E-state index contributed by atoms with van der Waals surface area (Å²) in [4.78, 5) is -0.0154. The number of halogens is 1. The zero-order valence-corrected chi connectivity index (χ0v) is 14.3. The van der Waals surface area contributed by atoms with E-state index in [1.165, 1.54) is 18.2 Å². The first-order valence-electron chi connectivity index (χ1n) is 6.59. The first-order chi connectivity index (χ1) is 10.8. The van der Waals surface area contributed by atoms with Crippen molar-refractivity contribution in [3.05, 3.63) is 59.6 Å². The molecule has 0 heterocycles. The molecule has 0 aliphatic carbocycles. The number of benzene rings is 2. The molecular weight excluding hydrogens is 360 g/mol. The summed E-state index contributed by atoms with van der Waals surface area (Å²) in [5.74, 6) is -0.387. The molecule has 0 atom stereocenters. The standard InChI is InChI=1S/C14H15ClN2O4S2/c15-12-5-4-8-14(11-12)23(20,21)16-9-10-22(18,19)17-13-6-2-1-3-7-13/h1-8,11,16-17H,9-10H2. The Labute approximate surface area is 140 Å². The third-order valence-corrected chi connectivity index (χ3v) is 5.80. The lowest BCUT2D eigenvalue weighted by atomic mass is 10.3. The van der Waals surface area contributed by atoms with E-state index in [1.54, 1.807) is 36.4 Å². The van der Waals surface area contributed by atoms with Crippen molar-refractivity contribution in [1.29, 1.82) is 0 Å². The van der Waals surface area contributed by atoms with Crippen LogP contribution in [0, 0.1) is 0 Å². The summed E-state index contributed by atoms with van der Waals surface area (Å²) < 4.78 is 52.5. The molecule has 0 radical (unpaired) electrons. The van der Waals surface area contributed by atoms with Gasteiger partial charge in [-0.3, -0.25) is 4.72 Å². The quantitative estimate of drug-likeness (QED) is 0.775. The molecule has 2 N–H and O–H groups in total. The molecule has 0 saturated carbocycles. The Morgan fingerprint density at radius 1 is 0.913 bits per heavy atom. The van der Waals surface area contributed by atoms with Gasteiger partial charge in [0.1, 0.15) is 0 Å². The van der Waals surface area contributed by atoms with Gasteiger partial charge in [-0.15, -0.1) is 0 Å². The van der Waals surface area contributed by atoms with Gasteiger partial charge in [0.15, 0.2) is 0 Å². The minimum Gasteiger partial charge on any atom is -0.284 e. The van der Waals surface area contributed by atoms with Crippen LogP contribution in [-0.4, -0.2) is 29.1 Å². The number of hydrogen-bond donors (Lipinski definition) is 2. The van der Waals surface area contributed by atoms with Crippen molar-refractivity contribution in [2.45, 2.75) is 4.90 Å². The van der Waals surface area contributed by atoms with Gasteiger partial charge in [-0.05, 0) is 30.3 Å². The third-order valence-electron chi connectivity index (χ3n) is 2.82. The summed E-state index contributed by atoms with van der Waals surface area (Å²) in [6, 6.07) is 14.1. The number of rotatable bonds is 7. The average molecular weight is 375 g/mol. The van der Waals surface area contributed by atoms with E-state index in [4.69, 9.17) is 11.6 Å². The van der Waals surface area contributed by atoms with Gasteiger partial charge in [0, 0.05) is 17.3 Å².